The van der Waals surface area contributed by atoms with Gasteiger partial charge in [-0.05, 0) is 50.9 Å². The first-order valence-corrected chi connectivity index (χ1v) is 7.84. The maximum atomic E-state index is 11.2. The number of carboxylic acid groups (broad SMARTS) is 1. The number of methoxy groups -OCH3 is 1. The molecule has 22 heavy (non-hydrogen) atoms. The molecule has 5 heteroatoms. The summed E-state index contributed by atoms with van der Waals surface area (Å²) >= 11 is 0. The Bertz CT molecular complexity index is 517. The highest BCUT2D eigenvalue weighted by Gasteiger charge is 2.28. The van der Waals surface area contributed by atoms with E-state index >= 15 is 0 Å². The van der Waals surface area contributed by atoms with E-state index in [2.05, 4.69) is 11.8 Å². The van der Waals surface area contributed by atoms with Crippen molar-refractivity contribution in [3.05, 3.63) is 23.8 Å². The van der Waals surface area contributed by atoms with Crippen LogP contribution < -0.4 is 9.47 Å². The number of piperidine rings is 1. The monoisotopic (exact) mass is 307 g/mol. The molecule has 2 atom stereocenters. The van der Waals surface area contributed by atoms with Gasteiger partial charge >= 0.3 is 5.97 Å². The molecule has 1 N–H and O–H groups in total. The van der Waals surface area contributed by atoms with Gasteiger partial charge in [-0.3, -0.25) is 9.69 Å². The third-order valence-corrected chi connectivity index (χ3v) is 4.32. The number of aliphatic carboxylic acids is 1. The molecule has 2 rings (SSSR count). The van der Waals surface area contributed by atoms with Crippen molar-refractivity contribution < 1.29 is 19.4 Å². The summed E-state index contributed by atoms with van der Waals surface area (Å²) < 4.78 is 10.9. The van der Waals surface area contributed by atoms with Crippen molar-refractivity contribution in [3.63, 3.8) is 0 Å². The number of carboxylic acids is 1. The van der Waals surface area contributed by atoms with E-state index in [1.165, 1.54) is 0 Å². The molecule has 1 aliphatic rings. The Kier molecular flexibility index (Phi) is 5.66. The van der Waals surface area contributed by atoms with Gasteiger partial charge in [0.05, 0.1) is 19.6 Å². The number of carbonyl (C=O) groups is 1. The van der Waals surface area contributed by atoms with Gasteiger partial charge in [-0.1, -0.05) is 6.07 Å². The second kappa shape index (κ2) is 7.49. The van der Waals surface area contributed by atoms with Crippen LogP contribution in [0.15, 0.2) is 18.2 Å². The van der Waals surface area contributed by atoms with E-state index in [9.17, 15) is 9.90 Å². The van der Waals surface area contributed by atoms with E-state index in [0.29, 0.717) is 13.2 Å². The van der Waals surface area contributed by atoms with Crippen molar-refractivity contribution in [1.82, 2.24) is 4.90 Å². The maximum absolute atomic E-state index is 11.2. The van der Waals surface area contributed by atoms with Crippen LogP contribution in [0.1, 0.15) is 38.3 Å². The third kappa shape index (κ3) is 3.71. The van der Waals surface area contributed by atoms with E-state index in [1.807, 2.05) is 25.1 Å². The molecule has 1 aromatic rings. The molecule has 0 aromatic heterocycles. The molecule has 0 spiro atoms. The Balaban J connectivity index is 2.14. The van der Waals surface area contributed by atoms with Crippen molar-refractivity contribution in [2.45, 2.75) is 32.7 Å². The lowest BCUT2D eigenvalue weighted by Gasteiger charge is -2.35. The van der Waals surface area contributed by atoms with Crippen molar-refractivity contribution >= 4 is 5.97 Å². The molecule has 0 aliphatic carbocycles. The van der Waals surface area contributed by atoms with Gasteiger partial charge in [0.15, 0.2) is 11.5 Å². The number of benzene rings is 1. The minimum atomic E-state index is -0.693. The van der Waals surface area contributed by atoms with Crippen molar-refractivity contribution in [1.29, 1.82) is 0 Å². The van der Waals surface area contributed by atoms with Gasteiger partial charge in [0, 0.05) is 12.6 Å². The van der Waals surface area contributed by atoms with Gasteiger partial charge in [0.1, 0.15) is 0 Å². The zero-order valence-electron chi connectivity index (χ0n) is 13.5. The zero-order chi connectivity index (χ0) is 16.1. The fraction of sp³-hybridized carbons (Fsp3) is 0.588. The molecular formula is C17H25NO4. The van der Waals surface area contributed by atoms with Crippen molar-refractivity contribution in [3.8, 4) is 11.5 Å². The van der Waals surface area contributed by atoms with Crippen LogP contribution >= 0.6 is 0 Å². The molecule has 1 saturated heterocycles. The molecule has 0 saturated carbocycles. The van der Waals surface area contributed by atoms with E-state index in [-0.39, 0.29) is 12.0 Å². The van der Waals surface area contributed by atoms with E-state index in [4.69, 9.17) is 9.47 Å². The first-order valence-electron chi connectivity index (χ1n) is 7.84. The Morgan fingerprint density at radius 2 is 2.23 bits per heavy atom. The van der Waals surface area contributed by atoms with Gasteiger partial charge in [0.2, 0.25) is 0 Å². The van der Waals surface area contributed by atoms with Crippen molar-refractivity contribution in [2.24, 2.45) is 5.92 Å². The molecule has 122 valence electrons. The van der Waals surface area contributed by atoms with Crippen LogP contribution in [-0.4, -0.2) is 42.8 Å². The molecule has 2 unspecified atom stereocenters. The quantitative estimate of drug-likeness (QED) is 0.875. The Morgan fingerprint density at radius 3 is 2.86 bits per heavy atom. The van der Waals surface area contributed by atoms with Crippen LogP contribution in [0.3, 0.4) is 0 Å². The van der Waals surface area contributed by atoms with E-state index < -0.39 is 5.97 Å². The van der Waals surface area contributed by atoms with Gasteiger partial charge in [-0.2, -0.15) is 0 Å². The summed E-state index contributed by atoms with van der Waals surface area (Å²) in [6.45, 7) is 6.18. The highest BCUT2D eigenvalue weighted by Crippen LogP contribution is 2.33. The van der Waals surface area contributed by atoms with Crippen LogP contribution in [-0.2, 0) is 4.79 Å². The molecule has 1 fully saturated rings. The SMILES string of the molecule is CCOc1ccc(C(C)N2CCCC(C(=O)O)C2)cc1OC. The number of hydrogen-bond donors (Lipinski definition) is 1. The Labute approximate surface area is 131 Å². The number of nitrogens with zero attached hydrogens (tertiary/aromatic N) is 1. The maximum Gasteiger partial charge on any atom is 0.307 e. The minimum Gasteiger partial charge on any atom is -0.493 e. The van der Waals surface area contributed by atoms with Gasteiger partial charge in [0.25, 0.3) is 0 Å². The fourth-order valence-electron chi connectivity index (χ4n) is 2.99. The topological polar surface area (TPSA) is 59.0 Å². The first kappa shape index (κ1) is 16.6. The number of hydrogen-bond acceptors (Lipinski definition) is 4. The molecule has 5 nitrogen and oxygen atoms in total. The molecule has 0 bridgehead atoms. The molecule has 0 radical (unpaired) electrons. The minimum absolute atomic E-state index is 0.159. The molecule has 1 aliphatic heterocycles. The highest BCUT2D eigenvalue weighted by molar-refractivity contribution is 5.70. The second-order valence-electron chi connectivity index (χ2n) is 5.69. The van der Waals surface area contributed by atoms with Crippen LogP contribution in [0.2, 0.25) is 0 Å². The first-order chi connectivity index (χ1) is 10.6. The molecule has 1 heterocycles. The average Bonchev–Trinajstić information content (AvgIpc) is 2.55. The lowest BCUT2D eigenvalue weighted by molar-refractivity contribution is -0.143. The summed E-state index contributed by atoms with van der Waals surface area (Å²) in [5.41, 5.74) is 1.12. The van der Waals surface area contributed by atoms with Crippen LogP contribution in [0.25, 0.3) is 0 Å². The summed E-state index contributed by atoms with van der Waals surface area (Å²) in [4.78, 5) is 13.4. The number of rotatable bonds is 6. The van der Waals surface area contributed by atoms with E-state index in [1.54, 1.807) is 7.11 Å². The second-order valence-corrected chi connectivity index (χ2v) is 5.69. The number of likely N-dealkylation sites (tertiary alicyclic amines) is 1. The normalized spacial score (nSPS) is 20.4. The van der Waals surface area contributed by atoms with Gasteiger partial charge in [-0.15, -0.1) is 0 Å². The predicted molar refractivity (Wildman–Crippen MR) is 84.5 cm³/mol. The predicted octanol–water partition coefficient (Wildman–Crippen LogP) is 2.95. The third-order valence-electron chi connectivity index (χ3n) is 4.32. The highest BCUT2D eigenvalue weighted by atomic mass is 16.5. The van der Waals surface area contributed by atoms with Gasteiger partial charge in [-0.25, -0.2) is 0 Å². The fourth-order valence-corrected chi connectivity index (χ4v) is 2.99. The Hall–Kier alpha value is -1.75. The molecular weight excluding hydrogens is 282 g/mol. The summed E-state index contributed by atoms with van der Waals surface area (Å²) in [6, 6.07) is 6.10. The van der Waals surface area contributed by atoms with Crippen LogP contribution in [0.5, 0.6) is 11.5 Å². The lowest BCUT2D eigenvalue weighted by atomic mass is 9.95. The van der Waals surface area contributed by atoms with E-state index in [0.717, 1.165) is 36.4 Å². The van der Waals surface area contributed by atoms with Gasteiger partial charge < -0.3 is 14.6 Å². The summed E-state index contributed by atoms with van der Waals surface area (Å²) in [5.74, 6) is 0.503. The Morgan fingerprint density at radius 1 is 1.45 bits per heavy atom. The van der Waals surface area contributed by atoms with Crippen LogP contribution in [0, 0.1) is 5.92 Å². The smallest absolute Gasteiger partial charge is 0.307 e. The summed E-state index contributed by atoms with van der Waals surface area (Å²) in [7, 11) is 1.63. The standard InChI is InChI=1S/C17H25NO4/c1-4-22-15-8-7-13(10-16(15)21-3)12(2)18-9-5-6-14(11-18)17(19)20/h7-8,10,12,14H,4-6,9,11H2,1-3H3,(H,19,20). The van der Waals surface area contributed by atoms with Crippen molar-refractivity contribution in [2.75, 3.05) is 26.8 Å². The lowest BCUT2D eigenvalue weighted by Crippen LogP contribution is -2.40. The summed E-state index contributed by atoms with van der Waals surface area (Å²) in [6.07, 6.45) is 1.70. The largest absolute Gasteiger partial charge is 0.493 e. The average molecular weight is 307 g/mol. The van der Waals surface area contributed by atoms with Crippen LogP contribution in [0.4, 0.5) is 0 Å². The zero-order valence-corrected chi connectivity index (χ0v) is 13.5. The molecule has 0 amide bonds. The number of ether oxygens (including phenoxy) is 2. The summed E-state index contributed by atoms with van der Waals surface area (Å²) in [5, 5.41) is 9.22. The molecule has 1 aromatic carbocycles.